The number of carbonyl (C=O) groups excluding carboxylic acids is 1. The zero-order valence-corrected chi connectivity index (χ0v) is 13.4. The Kier molecular flexibility index (Phi) is 8.26. The van der Waals surface area contributed by atoms with Crippen molar-refractivity contribution in [1.82, 2.24) is 5.32 Å². The third kappa shape index (κ3) is 6.78. The molecule has 20 heavy (non-hydrogen) atoms. The molecule has 1 rings (SSSR count). The van der Waals surface area contributed by atoms with Crippen LogP contribution < -0.4 is 15.8 Å². The Labute approximate surface area is 127 Å². The Morgan fingerprint density at radius 1 is 1.30 bits per heavy atom. The molecule has 0 saturated heterocycles. The molecule has 2 unspecified atom stereocenters. The van der Waals surface area contributed by atoms with Crippen LogP contribution in [0.5, 0.6) is 5.75 Å². The van der Waals surface area contributed by atoms with Gasteiger partial charge >= 0.3 is 0 Å². The van der Waals surface area contributed by atoms with Crippen molar-refractivity contribution in [3.8, 4) is 5.75 Å². The summed E-state index contributed by atoms with van der Waals surface area (Å²) in [6.07, 6.45) is 0.477. The highest BCUT2D eigenvalue weighted by Gasteiger charge is 2.11. The number of nitrogens with two attached hydrogens (primary N) is 1. The lowest BCUT2D eigenvalue weighted by Crippen LogP contribution is -2.31. The molecular weight excluding hydrogens is 276 g/mol. The highest BCUT2D eigenvalue weighted by molar-refractivity contribution is 5.85. The molecule has 114 valence electrons. The molecule has 3 N–H and O–H groups in total. The number of nitrogens with one attached hydrogen (secondary N) is 1. The van der Waals surface area contributed by atoms with Crippen molar-refractivity contribution in [2.24, 2.45) is 5.73 Å². The first-order chi connectivity index (χ1) is 8.88. The smallest absolute Gasteiger partial charge is 0.222 e. The number of ether oxygens (including phenoxy) is 1. The highest BCUT2D eigenvalue weighted by Crippen LogP contribution is 2.20. The van der Waals surface area contributed by atoms with E-state index in [1.54, 1.807) is 0 Å². The van der Waals surface area contributed by atoms with Crippen molar-refractivity contribution in [2.45, 2.75) is 52.3 Å². The van der Waals surface area contributed by atoms with E-state index in [1.165, 1.54) is 0 Å². The lowest BCUT2D eigenvalue weighted by atomic mass is 10.1. The van der Waals surface area contributed by atoms with E-state index in [9.17, 15) is 4.79 Å². The van der Waals surface area contributed by atoms with Crippen LogP contribution in [0.25, 0.3) is 0 Å². The van der Waals surface area contributed by atoms with Crippen molar-refractivity contribution in [2.75, 3.05) is 0 Å². The summed E-state index contributed by atoms with van der Waals surface area (Å²) in [4.78, 5) is 11.7. The quantitative estimate of drug-likeness (QED) is 0.849. The number of hydrogen-bond donors (Lipinski definition) is 2. The van der Waals surface area contributed by atoms with Gasteiger partial charge in [0.1, 0.15) is 5.75 Å². The molecule has 0 radical (unpaired) electrons. The monoisotopic (exact) mass is 300 g/mol. The third-order valence-electron chi connectivity index (χ3n) is 2.61. The topological polar surface area (TPSA) is 64.4 Å². The Hall–Kier alpha value is -1.26. The number of hydrogen-bond acceptors (Lipinski definition) is 3. The van der Waals surface area contributed by atoms with E-state index in [-0.39, 0.29) is 36.5 Å². The largest absolute Gasteiger partial charge is 0.491 e. The molecule has 0 aliphatic heterocycles. The van der Waals surface area contributed by atoms with E-state index in [4.69, 9.17) is 10.5 Å². The van der Waals surface area contributed by atoms with E-state index in [2.05, 4.69) is 5.32 Å². The normalized spacial score (nSPS) is 13.3. The molecule has 0 aliphatic carbocycles. The molecular formula is C15H25ClN2O2. The first kappa shape index (κ1) is 18.7. The van der Waals surface area contributed by atoms with Gasteiger partial charge in [-0.3, -0.25) is 4.79 Å². The first-order valence-electron chi connectivity index (χ1n) is 6.70. The molecule has 1 amide bonds. The fourth-order valence-corrected chi connectivity index (χ4v) is 1.81. The van der Waals surface area contributed by atoms with E-state index in [1.807, 2.05) is 52.0 Å². The molecule has 0 saturated carbocycles. The molecule has 0 fully saturated rings. The SMILES string of the molecule is CC(N)CC(=O)NC(C)c1cccc(OC(C)C)c1.Cl. The lowest BCUT2D eigenvalue weighted by molar-refractivity contribution is -0.122. The van der Waals surface area contributed by atoms with Gasteiger partial charge in [-0.05, 0) is 45.4 Å². The summed E-state index contributed by atoms with van der Waals surface area (Å²) in [5.41, 5.74) is 6.63. The summed E-state index contributed by atoms with van der Waals surface area (Å²) in [5, 5.41) is 2.93. The van der Waals surface area contributed by atoms with Gasteiger partial charge in [-0.2, -0.15) is 0 Å². The summed E-state index contributed by atoms with van der Waals surface area (Å²) in [6, 6.07) is 7.60. The minimum atomic E-state index is -0.122. The Morgan fingerprint density at radius 2 is 1.95 bits per heavy atom. The molecule has 0 spiro atoms. The fraction of sp³-hybridized carbons (Fsp3) is 0.533. The zero-order chi connectivity index (χ0) is 14.4. The van der Waals surface area contributed by atoms with Crippen LogP contribution in [0.2, 0.25) is 0 Å². The molecule has 1 aromatic rings. The van der Waals surface area contributed by atoms with Gasteiger partial charge in [0.25, 0.3) is 0 Å². The molecule has 5 heteroatoms. The summed E-state index contributed by atoms with van der Waals surface area (Å²) < 4.78 is 5.64. The van der Waals surface area contributed by atoms with Crippen molar-refractivity contribution >= 4 is 18.3 Å². The summed E-state index contributed by atoms with van der Waals surface area (Å²) >= 11 is 0. The molecule has 0 bridgehead atoms. The second-order valence-corrected chi connectivity index (χ2v) is 5.21. The van der Waals surface area contributed by atoms with Gasteiger partial charge in [-0.15, -0.1) is 12.4 Å². The average molecular weight is 301 g/mol. The van der Waals surface area contributed by atoms with Gasteiger partial charge in [-0.1, -0.05) is 12.1 Å². The predicted octanol–water partition coefficient (Wildman–Crippen LogP) is 2.81. The second kappa shape index (κ2) is 8.82. The van der Waals surface area contributed by atoms with Crippen LogP contribution in [0.3, 0.4) is 0 Å². The molecule has 0 aliphatic rings. The highest BCUT2D eigenvalue weighted by atomic mass is 35.5. The van der Waals surface area contributed by atoms with Crippen molar-refractivity contribution in [3.05, 3.63) is 29.8 Å². The van der Waals surface area contributed by atoms with Crippen molar-refractivity contribution < 1.29 is 9.53 Å². The summed E-state index contributed by atoms with van der Waals surface area (Å²) in [6.45, 7) is 7.75. The Bertz CT molecular complexity index is 422. The minimum absolute atomic E-state index is 0. The minimum Gasteiger partial charge on any atom is -0.491 e. The van der Waals surface area contributed by atoms with E-state index in [0.717, 1.165) is 11.3 Å². The maximum atomic E-state index is 11.7. The molecule has 0 heterocycles. The van der Waals surface area contributed by atoms with Crippen LogP contribution in [0.15, 0.2) is 24.3 Å². The van der Waals surface area contributed by atoms with Gasteiger partial charge in [0.05, 0.1) is 12.1 Å². The second-order valence-electron chi connectivity index (χ2n) is 5.21. The summed E-state index contributed by atoms with van der Waals surface area (Å²) in [5.74, 6) is 0.790. The number of halogens is 1. The maximum absolute atomic E-state index is 11.7. The van der Waals surface area contributed by atoms with E-state index < -0.39 is 0 Å². The predicted molar refractivity (Wildman–Crippen MR) is 84.3 cm³/mol. The molecule has 0 aromatic heterocycles. The number of rotatable bonds is 6. The summed E-state index contributed by atoms with van der Waals surface area (Å²) in [7, 11) is 0. The maximum Gasteiger partial charge on any atom is 0.222 e. The molecule has 4 nitrogen and oxygen atoms in total. The number of benzene rings is 1. The molecule has 2 atom stereocenters. The van der Waals surface area contributed by atoms with Gasteiger partial charge in [-0.25, -0.2) is 0 Å². The van der Waals surface area contributed by atoms with Crippen molar-refractivity contribution in [1.29, 1.82) is 0 Å². The standard InChI is InChI=1S/C15H24N2O2.ClH/c1-10(2)19-14-7-5-6-13(9-14)12(4)17-15(18)8-11(3)16;/h5-7,9-12H,8,16H2,1-4H3,(H,17,18);1H. The van der Waals surface area contributed by atoms with Crippen molar-refractivity contribution in [3.63, 3.8) is 0 Å². The Morgan fingerprint density at radius 3 is 2.50 bits per heavy atom. The van der Waals surface area contributed by atoms with Gasteiger partial charge in [0, 0.05) is 12.5 Å². The first-order valence-corrected chi connectivity index (χ1v) is 6.70. The lowest BCUT2D eigenvalue weighted by Gasteiger charge is -2.17. The number of amides is 1. The Balaban J connectivity index is 0.00000361. The van der Waals surface area contributed by atoms with Crippen LogP contribution in [0.4, 0.5) is 0 Å². The van der Waals surface area contributed by atoms with E-state index >= 15 is 0 Å². The van der Waals surface area contributed by atoms with Crippen LogP contribution in [-0.4, -0.2) is 18.1 Å². The van der Waals surface area contributed by atoms with Crippen LogP contribution in [-0.2, 0) is 4.79 Å². The van der Waals surface area contributed by atoms with Gasteiger partial charge < -0.3 is 15.8 Å². The fourth-order valence-electron chi connectivity index (χ4n) is 1.81. The zero-order valence-electron chi connectivity index (χ0n) is 12.6. The van der Waals surface area contributed by atoms with E-state index in [0.29, 0.717) is 6.42 Å². The third-order valence-corrected chi connectivity index (χ3v) is 2.61. The molecule has 1 aromatic carbocycles. The average Bonchev–Trinajstić information content (AvgIpc) is 2.27. The van der Waals surface area contributed by atoms with Crippen LogP contribution in [0.1, 0.15) is 45.7 Å². The van der Waals surface area contributed by atoms with Gasteiger partial charge in [0.15, 0.2) is 0 Å². The van der Waals surface area contributed by atoms with Crippen LogP contribution >= 0.6 is 12.4 Å². The van der Waals surface area contributed by atoms with Gasteiger partial charge in [0.2, 0.25) is 5.91 Å². The van der Waals surface area contributed by atoms with Crippen LogP contribution in [0, 0.1) is 0 Å². The number of carbonyl (C=O) groups is 1.